The summed E-state index contributed by atoms with van der Waals surface area (Å²) in [6.07, 6.45) is 3.65. The lowest BCUT2D eigenvalue weighted by molar-refractivity contribution is -0.121. The molecule has 0 bridgehead atoms. The van der Waals surface area contributed by atoms with E-state index in [0.29, 0.717) is 12.5 Å². The molecule has 0 radical (unpaired) electrons. The van der Waals surface area contributed by atoms with E-state index >= 15 is 0 Å². The van der Waals surface area contributed by atoms with Crippen molar-refractivity contribution in [3.05, 3.63) is 5.82 Å². The summed E-state index contributed by atoms with van der Waals surface area (Å²) >= 11 is 1.61. The first-order valence-corrected chi connectivity index (χ1v) is 8.17. The Kier molecular flexibility index (Phi) is 9.65. The minimum absolute atomic E-state index is 0. The minimum atomic E-state index is -0.456. The molecule has 0 aliphatic rings. The molecule has 3 N–H and O–H groups in total. The molecule has 21 heavy (non-hydrogen) atoms. The summed E-state index contributed by atoms with van der Waals surface area (Å²) in [6, 6.07) is -0.456. The summed E-state index contributed by atoms with van der Waals surface area (Å²) in [5.74, 6) is 1.42. The fourth-order valence-corrected chi connectivity index (χ4v) is 2.35. The molecule has 0 unspecified atom stereocenters. The zero-order chi connectivity index (χ0) is 15.1. The molecule has 0 saturated carbocycles. The molecule has 0 aliphatic heterocycles. The number of thioether (sulfide) groups is 1. The standard InChI is InChI=1S/C13H25N5OS.ClH/c1-9(2)8-18-11(16-17-13(18)20-4)6-5-7-15-12(19)10(3)14;/h9-10H,5-8,14H2,1-4H3,(H,15,19);1H/t10-;/m0./s1. The van der Waals surface area contributed by atoms with Crippen molar-refractivity contribution >= 4 is 30.1 Å². The third-order valence-corrected chi connectivity index (χ3v) is 3.48. The summed E-state index contributed by atoms with van der Waals surface area (Å²) in [7, 11) is 0. The van der Waals surface area contributed by atoms with Crippen LogP contribution in [0.3, 0.4) is 0 Å². The molecule has 6 nitrogen and oxygen atoms in total. The number of nitrogens with one attached hydrogen (secondary N) is 1. The third-order valence-electron chi connectivity index (χ3n) is 2.81. The summed E-state index contributed by atoms with van der Waals surface area (Å²) < 4.78 is 2.17. The molecule has 1 aromatic rings. The monoisotopic (exact) mass is 335 g/mol. The Labute approximate surface area is 137 Å². The van der Waals surface area contributed by atoms with Crippen LogP contribution >= 0.6 is 24.2 Å². The SMILES string of the molecule is CSc1nnc(CCCNC(=O)[C@H](C)N)n1CC(C)C.Cl. The Morgan fingerprint density at radius 1 is 1.38 bits per heavy atom. The van der Waals surface area contributed by atoms with Crippen LogP contribution in [0.2, 0.25) is 0 Å². The van der Waals surface area contributed by atoms with Gasteiger partial charge in [-0.3, -0.25) is 4.79 Å². The number of hydrogen-bond acceptors (Lipinski definition) is 5. The lowest BCUT2D eigenvalue weighted by Gasteiger charge is -2.12. The third kappa shape index (κ3) is 6.67. The quantitative estimate of drug-likeness (QED) is 0.555. The molecule has 0 fully saturated rings. The molecule has 0 spiro atoms. The van der Waals surface area contributed by atoms with Crippen molar-refractivity contribution < 1.29 is 4.79 Å². The number of hydrogen-bond donors (Lipinski definition) is 2. The van der Waals surface area contributed by atoms with E-state index in [4.69, 9.17) is 5.73 Å². The van der Waals surface area contributed by atoms with Gasteiger partial charge in [-0.1, -0.05) is 25.6 Å². The number of rotatable bonds is 8. The maximum absolute atomic E-state index is 11.3. The molecule has 1 atom stereocenters. The van der Waals surface area contributed by atoms with Crippen LogP contribution in [0.1, 0.15) is 33.0 Å². The molecule has 1 aromatic heterocycles. The van der Waals surface area contributed by atoms with Gasteiger partial charge in [0.1, 0.15) is 5.82 Å². The van der Waals surface area contributed by atoms with Gasteiger partial charge in [-0.25, -0.2) is 0 Å². The molecule has 8 heteroatoms. The van der Waals surface area contributed by atoms with Gasteiger partial charge >= 0.3 is 0 Å². The largest absolute Gasteiger partial charge is 0.355 e. The first-order valence-electron chi connectivity index (χ1n) is 6.95. The van der Waals surface area contributed by atoms with Crippen molar-refractivity contribution in [2.24, 2.45) is 11.7 Å². The van der Waals surface area contributed by atoms with Gasteiger partial charge in [0, 0.05) is 19.5 Å². The number of nitrogens with zero attached hydrogens (tertiary/aromatic N) is 3. The van der Waals surface area contributed by atoms with Gasteiger partial charge in [0.15, 0.2) is 5.16 Å². The first-order chi connectivity index (χ1) is 9.45. The van der Waals surface area contributed by atoms with Crippen molar-refractivity contribution in [3.63, 3.8) is 0 Å². The molecule has 1 rings (SSSR count). The van der Waals surface area contributed by atoms with Crippen LogP contribution in [0.4, 0.5) is 0 Å². The molecular weight excluding hydrogens is 310 g/mol. The molecule has 0 aromatic carbocycles. The van der Waals surface area contributed by atoms with Crippen LogP contribution in [-0.4, -0.2) is 39.5 Å². The Hall–Kier alpha value is -0.790. The van der Waals surface area contributed by atoms with Crippen LogP contribution < -0.4 is 11.1 Å². The topological polar surface area (TPSA) is 85.8 Å². The van der Waals surface area contributed by atoms with Gasteiger partial charge in [-0.05, 0) is 25.5 Å². The van der Waals surface area contributed by atoms with Gasteiger partial charge < -0.3 is 15.6 Å². The Balaban J connectivity index is 0.00000400. The van der Waals surface area contributed by atoms with Crippen LogP contribution in [-0.2, 0) is 17.8 Å². The fourth-order valence-electron chi connectivity index (χ4n) is 1.82. The molecule has 1 amide bonds. The highest BCUT2D eigenvalue weighted by Gasteiger charge is 2.12. The second kappa shape index (κ2) is 10.0. The second-order valence-electron chi connectivity index (χ2n) is 5.29. The second-order valence-corrected chi connectivity index (χ2v) is 6.06. The fraction of sp³-hybridized carbons (Fsp3) is 0.769. The van der Waals surface area contributed by atoms with E-state index in [9.17, 15) is 4.79 Å². The van der Waals surface area contributed by atoms with E-state index in [1.54, 1.807) is 18.7 Å². The van der Waals surface area contributed by atoms with Crippen molar-refractivity contribution in [2.45, 2.75) is 51.4 Å². The van der Waals surface area contributed by atoms with Crippen molar-refractivity contribution in [1.29, 1.82) is 0 Å². The number of halogens is 1. The number of nitrogens with two attached hydrogens (primary N) is 1. The summed E-state index contributed by atoms with van der Waals surface area (Å²) in [4.78, 5) is 11.3. The summed E-state index contributed by atoms with van der Waals surface area (Å²) in [5, 5.41) is 12.2. The normalized spacial score (nSPS) is 12.1. The number of carbonyl (C=O) groups is 1. The first kappa shape index (κ1) is 20.2. The van der Waals surface area contributed by atoms with Gasteiger partial charge in [0.05, 0.1) is 6.04 Å². The summed E-state index contributed by atoms with van der Waals surface area (Å²) in [6.45, 7) is 7.57. The average molecular weight is 336 g/mol. The highest BCUT2D eigenvalue weighted by atomic mass is 35.5. The van der Waals surface area contributed by atoms with E-state index in [1.807, 2.05) is 6.26 Å². The number of amides is 1. The van der Waals surface area contributed by atoms with Crippen LogP contribution in [0.15, 0.2) is 5.16 Å². The zero-order valence-electron chi connectivity index (χ0n) is 13.1. The highest BCUT2D eigenvalue weighted by Crippen LogP contribution is 2.16. The Morgan fingerprint density at radius 3 is 2.57 bits per heavy atom. The molecule has 0 aliphatic carbocycles. The number of carbonyl (C=O) groups excluding carboxylic acids is 1. The molecule has 1 heterocycles. The minimum Gasteiger partial charge on any atom is -0.355 e. The van der Waals surface area contributed by atoms with Gasteiger partial charge in [-0.2, -0.15) is 0 Å². The Bertz CT molecular complexity index is 436. The van der Waals surface area contributed by atoms with E-state index in [0.717, 1.165) is 30.4 Å². The van der Waals surface area contributed by atoms with E-state index in [2.05, 4.69) is 33.9 Å². The van der Waals surface area contributed by atoms with E-state index in [-0.39, 0.29) is 18.3 Å². The molecule has 122 valence electrons. The van der Waals surface area contributed by atoms with Gasteiger partial charge in [0.2, 0.25) is 5.91 Å². The lowest BCUT2D eigenvalue weighted by Crippen LogP contribution is -2.38. The van der Waals surface area contributed by atoms with E-state index in [1.165, 1.54) is 0 Å². The zero-order valence-corrected chi connectivity index (χ0v) is 14.8. The summed E-state index contributed by atoms with van der Waals surface area (Å²) in [5.41, 5.74) is 5.49. The van der Waals surface area contributed by atoms with Gasteiger partial charge in [-0.15, -0.1) is 22.6 Å². The smallest absolute Gasteiger partial charge is 0.236 e. The average Bonchev–Trinajstić information content (AvgIpc) is 2.75. The maximum Gasteiger partial charge on any atom is 0.236 e. The molecular formula is C13H26ClN5OS. The van der Waals surface area contributed by atoms with E-state index < -0.39 is 6.04 Å². The van der Waals surface area contributed by atoms with Crippen molar-refractivity contribution in [3.8, 4) is 0 Å². The predicted molar refractivity (Wildman–Crippen MR) is 88.9 cm³/mol. The van der Waals surface area contributed by atoms with Crippen molar-refractivity contribution in [1.82, 2.24) is 20.1 Å². The number of aromatic nitrogens is 3. The number of aryl methyl sites for hydroxylation is 1. The Morgan fingerprint density at radius 2 is 2.05 bits per heavy atom. The van der Waals surface area contributed by atoms with Gasteiger partial charge in [0.25, 0.3) is 0 Å². The predicted octanol–water partition coefficient (Wildman–Crippen LogP) is 1.47. The van der Waals surface area contributed by atoms with Crippen LogP contribution in [0.5, 0.6) is 0 Å². The highest BCUT2D eigenvalue weighted by molar-refractivity contribution is 7.98. The molecule has 0 saturated heterocycles. The van der Waals surface area contributed by atoms with Crippen LogP contribution in [0, 0.1) is 5.92 Å². The van der Waals surface area contributed by atoms with Crippen LogP contribution in [0.25, 0.3) is 0 Å². The van der Waals surface area contributed by atoms with Crippen molar-refractivity contribution in [2.75, 3.05) is 12.8 Å². The maximum atomic E-state index is 11.3. The lowest BCUT2D eigenvalue weighted by atomic mass is 10.2.